The lowest BCUT2D eigenvalue weighted by molar-refractivity contribution is 0.416. The molecule has 1 aromatic heterocycles. The van der Waals surface area contributed by atoms with Gasteiger partial charge in [-0.25, -0.2) is 0 Å². The van der Waals surface area contributed by atoms with Crippen LogP contribution < -0.4 is 10.1 Å². The van der Waals surface area contributed by atoms with Gasteiger partial charge in [-0.05, 0) is 36.2 Å². The molecule has 1 heterocycles. The minimum atomic E-state index is 0.701. The first-order chi connectivity index (χ1) is 9.22. The zero-order valence-electron chi connectivity index (χ0n) is 11.3. The average Bonchev–Trinajstić information content (AvgIpc) is 2.85. The third-order valence-corrected chi connectivity index (χ3v) is 3.17. The van der Waals surface area contributed by atoms with E-state index in [2.05, 4.69) is 35.3 Å². The molecule has 2 aromatic rings. The highest BCUT2D eigenvalue weighted by Crippen LogP contribution is 2.28. The first kappa shape index (κ1) is 13.8. The van der Waals surface area contributed by atoms with Crippen LogP contribution in [0.25, 0.3) is 0 Å². The molecule has 0 fully saturated rings. The van der Waals surface area contributed by atoms with E-state index < -0.39 is 0 Å². The minimum absolute atomic E-state index is 0.701. The largest absolute Gasteiger partial charge is 0.495 e. The second-order valence-corrected chi connectivity index (χ2v) is 4.89. The summed E-state index contributed by atoms with van der Waals surface area (Å²) in [6.45, 7) is 3.99. The van der Waals surface area contributed by atoms with Gasteiger partial charge in [0.1, 0.15) is 5.75 Å². The average molecular weight is 279 g/mol. The van der Waals surface area contributed by atoms with E-state index in [4.69, 9.17) is 16.3 Å². The molecule has 4 heteroatoms. The van der Waals surface area contributed by atoms with E-state index in [1.54, 1.807) is 7.11 Å². The first-order valence-electron chi connectivity index (χ1n) is 6.45. The zero-order chi connectivity index (χ0) is 13.7. The van der Waals surface area contributed by atoms with E-state index in [1.807, 2.05) is 18.2 Å². The van der Waals surface area contributed by atoms with Crippen molar-refractivity contribution in [3.05, 3.63) is 47.2 Å². The Morgan fingerprint density at radius 2 is 2.16 bits per heavy atom. The summed E-state index contributed by atoms with van der Waals surface area (Å²) in [6, 6.07) is 7.69. The van der Waals surface area contributed by atoms with Gasteiger partial charge in [-0.15, -0.1) is 0 Å². The number of rotatable bonds is 6. The fourth-order valence-electron chi connectivity index (χ4n) is 2.01. The molecule has 0 aliphatic carbocycles. The molecule has 19 heavy (non-hydrogen) atoms. The summed E-state index contributed by atoms with van der Waals surface area (Å²) >= 11 is 6.00. The molecule has 0 bridgehead atoms. The van der Waals surface area contributed by atoms with Crippen molar-refractivity contribution in [1.29, 1.82) is 0 Å². The van der Waals surface area contributed by atoms with Crippen LogP contribution in [0.15, 0.2) is 36.7 Å². The number of benzene rings is 1. The Kier molecular flexibility index (Phi) is 4.74. The van der Waals surface area contributed by atoms with Crippen molar-refractivity contribution in [1.82, 2.24) is 4.57 Å². The number of aryl methyl sites for hydroxylation is 1. The highest BCUT2D eigenvalue weighted by molar-refractivity contribution is 6.30. The second kappa shape index (κ2) is 6.53. The van der Waals surface area contributed by atoms with Gasteiger partial charge in [-0.3, -0.25) is 0 Å². The molecule has 3 nitrogen and oxygen atoms in total. The fraction of sp³-hybridized carbons (Fsp3) is 0.333. The van der Waals surface area contributed by atoms with Crippen molar-refractivity contribution < 1.29 is 4.74 Å². The van der Waals surface area contributed by atoms with Crippen molar-refractivity contribution in [3.8, 4) is 5.75 Å². The van der Waals surface area contributed by atoms with Crippen molar-refractivity contribution in [2.24, 2.45) is 0 Å². The normalized spacial score (nSPS) is 10.5. The Bertz CT molecular complexity index is 537. The number of anilines is 1. The number of aromatic nitrogens is 1. The molecule has 0 saturated heterocycles. The topological polar surface area (TPSA) is 26.2 Å². The SMILES string of the molecule is CCCn1ccc(CNc2cc(Cl)ccc2OC)c1. The van der Waals surface area contributed by atoms with Crippen LogP contribution in [0.1, 0.15) is 18.9 Å². The molecule has 0 aliphatic rings. The summed E-state index contributed by atoms with van der Waals surface area (Å²) in [5.74, 6) is 0.803. The van der Waals surface area contributed by atoms with Crippen LogP contribution in [-0.2, 0) is 13.1 Å². The molecule has 0 spiro atoms. The third-order valence-electron chi connectivity index (χ3n) is 2.94. The monoisotopic (exact) mass is 278 g/mol. The Hall–Kier alpha value is -1.61. The van der Waals surface area contributed by atoms with Crippen LogP contribution in [0.5, 0.6) is 5.75 Å². The number of methoxy groups -OCH3 is 1. The van der Waals surface area contributed by atoms with Crippen LogP contribution in [0, 0.1) is 0 Å². The molecule has 0 amide bonds. The Morgan fingerprint density at radius 1 is 1.32 bits per heavy atom. The Morgan fingerprint density at radius 3 is 2.89 bits per heavy atom. The Labute approximate surface area is 119 Å². The molecule has 0 saturated carbocycles. The summed E-state index contributed by atoms with van der Waals surface area (Å²) in [7, 11) is 1.66. The highest BCUT2D eigenvalue weighted by atomic mass is 35.5. The third kappa shape index (κ3) is 3.67. The lowest BCUT2D eigenvalue weighted by Crippen LogP contribution is -2.01. The summed E-state index contributed by atoms with van der Waals surface area (Å²) < 4.78 is 7.51. The van der Waals surface area contributed by atoms with Crippen molar-refractivity contribution >= 4 is 17.3 Å². The van der Waals surface area contributed by atoms with Gasteiger partial charge in [0.15, 0.2) is 0 Å². The molecule has 0 radical (unpaired) electrons. The number of hydrogen-bond donors (Lipinski definition) is 1. The number of ether oxygens (including phenoxy) is 1. The van der Waals surface area contributed by atoms with E-state index in [0.29, 0.717) is 5.02 Å². The molecule has 0 aliphatic heterocycles. The standard InChI is InChI=1S/C15H19ClN2O/c1-3-7-18-8-6-12(11-18)10-17-14-9-13(16)4-5-15(14)19-2/h4-6,8-9,11,17H,3,7,10H2,1-2H3. The quantitative estimate of drug-likeness (QED) is 0.858. The zero-order valence-corrected chi connectivity index (χ0v) is 12.1. The van der Waals surface area contributed by atoms with Gasteiger partial charge < -0.3 is 14.6 Å². The molecule has 2 rings (SSSR count). The van der Waals surface area contributed by atoms with Gasteiger partial charge in [0, 0.05) is 30.5 Å². The molecular weight excluding hydrogens is 260 g/mol. The van der Waals surface area contributed by atoms with Crippen molar-refractivity contribution in [3.63, 3.8) is 0 Å². The highest BCUT2D eigenvalue weighted by Gasteiger charge is 2.04. The molecule has 102 valence electrons. The van der Waals surface area contributed by atoms with Crippen molar-refractivity contribution in [2.45, 2.75) is 26.4 Å². The van der Waals surface area contributed by atoms with Gasteiger partial charge in [-0.1, -0.05) is 18.5 Å². The second-order valence-electron chi connectivity index (χ2n) is 4.46. The lowest BCUT2D eigenvalue weighted by Gasteiger charge is -2.10. The summed E-state index contributed by atoms with van der Waals surface area (Å²) in [4.78, 5) is 0. The van der Waals surface area contributed by atoms with Crippen LogP contribution in [0.4, 0.5) is 5.69 Å². The number of nitrogens with one attached hydrogen (secondary N) is 1. The van der Waals surface area contributed by atoms with E-state index in [-0.39, 0.29) is 0 Å². The van der Waals surface area contributed by atoms with Crippen LogP contribution in [0.3, 0.4) is 0 Å². The van der Waals surface area contributed by atoms with E-state index in [1.165, 1.54) is 5.56 Å². The summed E-state index contributed by atoms with van der Waals surface area (Å²) in [6.07, 6.45) is 5.41. The maximum atomic E-state index is 6.00. The summed E-state index contributed by atoms with van der Waals surface area (Å²) in [5.41, 5.74) is 2.16. The van der Waals surface area contributed by atoms with Gasteiger partial charge in [0.2, 0.25) is 0 Å². The van der Waals surface area contributed by atoms with E-state index in [0.717, 1.165) is 30.9 Å². The maximum Gasteiger partial charge on any atom is 0.142 e. The number of halogens is 1. The van der Waals surface area contributed by atoms with Crippen LogP contribution >= 0.6 is 11.6 Å². The van der Waals surface area contributed by atoms with Gasteiger partial charge in [-0.2, -0.15) is 0 Å². The predicted molar refractivity (Wildman–Crippen MR) is 80.1 cm³/mol. The smallest absolute Gasteiger partial charge is 0.142 e. The fourth-order valence-corrected chi connectivity index (χ4v) is 2.18. The molecule has 0 atom stereocenters. The number of nitrogens with zero attached hydrogens (tertiary/aromatic N) is 1. The van der Waals surface area contributed by atoms with Crippen molar-refractivity contribution in [2.75, 3.05) is 12.4 Å². The Balaban J connectivity index is 2.03. The lowest BCUT2D eigenvalue weighted by atomic mass is 10.2. The maximum absolute atomic E-state index is 6.00. The molecular formula is C15H19ClN2O. The number of hydrogen-bond acceptors (Lipinski definition) is 2. The van der Waals surface area contributed by atoms with Gasteiger partial charge >= 0.3 is 0 Å². The molecule has 0 unspecified atom stereocenters. The van der Waals surface area contributed by atoms with Gasteiger partial charge in [0.25, 0.3) is 0 Å². The summed E-state index contributed by atoms with van der Waals surface area (Å²) in [5, 5.41) is 4.05. The van der Waals surface area contributed by atoms with Crippen LogP contribution in [-0.4, -0.2) is 11.7 Å². The minimum Gasteiger partial charge on any atom is -0.495 e. The predicted octanol–water partition coefficient (Wildman–Crippen LogP) is 4.17. The van der Waals surface area contributed by atoms with E-state index >= 15 is 0 Å². The molecule has 1 aromatic carbocycles. The molecule has 1 N–H and O–H groups in total. The van der Waals surface area contributed by atoms with Gasteiger partial charge in [0.05, 0.1) is 12.8 Å². The van der Waals surface area contributed by atoms with E-state index in [9.17, 15) is 0 Å². The first-order valence-corrected chi connectivity index (χ1v) is 6.82. The van der Waals surface area contributed by atoms with Crippen LogP contribution in [0.2, 0.25) is 5.02 Å².